The maximum atomic E-state index is 5.38. The molecule has 0 heterocycles. The predicted octanol–water partition coefficient (Wildman–Crippen LogP) is 1.40. The standard InChI is InChI=1S/C6H8N2.CH4S/c7-5-2-1-3-6(8)4-5;1-2/h1-4H,7-8H2;2H,1H3. The maximum Gasteiger partial charge on any atom is 0.0334 e. The van der Waals surface area contributed by atoms with Gasteiger partial charge in [-0.15, -0.1) is 0 Å². The average Bonchev–Trinajstić information content (AvgIpc) is 1.91. The first-order valence-electron chi connectivity index (χ1n) is 2.85. The lowest BCUT2D eigenvalue weighted by molar-refractivity contribution is 1.67. The van der Waals surface area contributed by atoms with Crippen LogP contribution < -0.4 is 11.5 Å². The van der Waals surface area contributed by atoms with E-state index in [1.165, 1.54) is 0 Å². The summed E-state index contributed by atoms with van der Waals surface area (Å²) in [4.78, 5) is 0. The van der Waals surface area contributed by atoms with Gasteiger partial charge in [0.05, 0.1) is 0 Å². The zero-order valence-electron chi connectivity index (χ0n) is 5.91. The van der Waals surface area contributed by atoms with Crippen molar-refractivity contribution in [3.05, 3.63) is 24.3 Å². The zero-order chi connectivity index (χ0) is 7.98. The van der Waals surface area contributed by atoms with Crippen molar-refractivity contribution in [2.75, 3.05) is 17.7 Å². The van der Waals surface area contributed by atoms with Crippen LogP contribution in [0.15, 0.2) is 24.3 Å². The van der Waals surface area contributed by atoms with Gasteiger partial charge >= 0.3 is 0 Å². The number of nitrogen functional groups attached to an aromatic ring is 2. The molecule has 1 rings (SSSR count). The molecule has 0 aliphatic carbocycles. The fourth-order valence-electron chi connectivity index (χ4n) is 0.559. The van der Waals surface area contributed by atoms with E-state index in [0.29, 0.717) is 11.4 Å². The van der Waals surface area contributed by atoms with Gasteiger partial charge in [0.15, 0.2) is 0 Å². The van der Waals surface area contributed by atoms with Gasteiger partial charge in [0.2, 0.25) is 0 Å². The third kappa shape index (κ3) is 3.25. The Morgan fingerprint density at radius 2 is 1.50 bits per heavy atom. The summed E-state index contributed by atoms with van der Waals surface area (Å²) < 4.78 is 0. The van der Waals surface area contributed by atoms with Gasteiger partial charge in [-0.2, -0.15) is 12.6 Å². The van der Waals surface area contributed by atoms with Crippen molar-refractivity contribution in [3.8, 4) is 0 Å². The Hall–Kier alpha value is -0.830. The van der Waals surface area contributed by atoms with Gasteiger partial charge in [-0.25, -0.2) is 0 Å². The number of benzene rings is 1. The van der Waals surface area contributed by atoms with E-state index in [9.17, 15) is 0 Å². The fraction of sp³-hybridized carbons (Fsp3) is 0.143. The highest BCUT2D eigenvalue weighted by molar-refractivity contribution is 7.79. The third-order valence-electron chi connectivity index (χ3n) is 0.911. The maximum absolute atomic E-state index is 5.38. The van der Waals surface area contributed by atoms with Gasteiger partial charge < -0.3 is 11.5 Å². The molecule has 0 aliphatic heterocycles. The Labute approximate surface area is 66.6 Å². The van der Waals surface area contributed by atoms with Crippen molar-refractivity contribution >= 4 is 24.0 Å². The normalized spacial score (nSPS) is 7.80. The summed E-state index contributed by atoms with van der Waals surface area (Å²) in [5, 5.41) is 0. The summed E-state index contributed by atoms with van der Waals surface area (Å²) in [5.74, 6) is 0. The molecule has 2 nitrogen and oxygen atoms in total. The molecule has 0 bridgehead atoms. The van der Waals surface area contributed by atoms with Crippen molar-refractivity contribution < 1.29 is 0 Å². The first-order chi connectivity index (χ1) is 4.79. The lowest BCUT2D eigenvalue weighted by Crippen LogP contribution is -1.87. The number of hydrogen-bond donors (Lipinski definition) is 3. The van der Waals surface area contributed by atoms with Gasteiger partial charge in [-0.1, -0.05) is 6.07 Å². The van der Waals surface area contributed by atoms with E-state index >= 15 is 0 Å². The minimum absolute atomic E-state index is 0.713. The molecule has 0 amide bonds. The van der Waals surface area contributed by atoms with Crippen molar-refractivity contribution in [3.63, 3.8) is 0 Å². The number of thiol groups is 1. The third-order valence-corrected chi connectivity index (χ3v) is 0.911. The second-order valence-corrected chi connectivity index (χ2v) is 1.67. The molecule has 0 radical (unpaired) electrons. The number of nitrogens with two attached hydrogens (primary N) is 2. The van der Waals surface area contributed by atoms with Gasteiger partial charge in [-0.05, 0) is 24.5 Å². The molecule has 0 aromatic heterocycles. The minimum Gasteiger partial charge on any atom is -0.399 e. The average molecular weight is 156 g/mol. The van der Waals surface area contributed by atoms with Crippen LogP contribution in [0.25, 0.3) is 0 Å². The molecular weight excluding hydrogens is 144 g/mol. The van der Waals surface area contributed by atoms with E-state index in [-0.39, 0.29) is 0 Å². The quantitative estimate of drug-likeness (QED) is 0.393. The summed E-state index contributed by atoms with van der Waals surface area (Å²) in [6.45, 7) is 0. The van der Waals surface area contributed by atoms with Gasteiger partial charge in [0.25, 0.3) is 0 Å². The van der Waals surface area contributed by atoms with E-state index in [2.05, 4.69) is 12.6 Å². The molecule has 0 spiro atoms. The van der Waals surface area contributed by atoms with E-state index in [1.54, 1.807) is 24.5 Å². The summed E-state index contributed by atoms with van der Waals surface area (Å²) in [6.07, 6.45) is 1.69. The van der Waals surface area contributed by atoms with Crippen molar-refractivity contribution in [1.29, 1.82) is 0 Å². The number of anilines is 2. The lowest BCUT2D eigenvalue weighted by Gasteiger charge is -1.91. The summed E-state index contributed by atoms with van der Waals surface area (Å²) >= 11 is 3.53. The molecule has 0 saturated carbocycles. The molecule has 4 N–H and O–H groups in total. The minimum atomic E-state index is 0.713. The second-order valence-electron chi connectivity index (χ2n) is 1.67. The molecule has 0 unspecified atom stereocenters. The summed E-state index contributed by atoms with van der Waals surface area (Å²) in [5.41, 5.74) is 12.2. The molecule has 56 valence electrons. The number of rotatable bonds is 0. The van der Waals surface area contributed by atoms with Crippen LogP contribution in [0.4, 0.5) is 11.4 Å². The largest absolute Gasteiger partial charge is 0.399 e. The zero-order valence-corrected chi connectivity index (χ0v) is 6.81. The Morgan fingerprint density at radius 1 is 1.10 bits per heavy atom. The van der Waals surface area contributed by atoms with Crippen LogP contribution in [-0.4, -0.2) is 6.26 Å². The number of hydrogen-bond acceptors (Lipinski definition) is 3. The SMILES string of the molecule is CS.Nc1cccc(N)c1. The van der Waals surface area contributed by atoms with Crippen LogP contribution in [0.2, 0.25) is 0 Å². The Kier molecular flexibility index (Phi) is 4.58. The molecule has 0 fully saturated rings. The van der Waals surface area contributed by atoms with Crippen molar-refractivity contribution in [1.82, 2.24) is 0 Å². The fourth-order valence-corrected chi connectivity index (χ4v) is 0.559. The van der Waals surface area contributed by atoms with E-state index < -0.39 is 0 Å². The highest BCUT2D eigenvalue weighted by atomic mass is 32.1. The molecule has 1 aromatic carbocycles. The van der Waals surface area contributed by atoms with E-state index in [1.807, 2.05) is 6.07 Å². The topological polar surface area (TPSA) is 52.0 Å². The van der Waals surface area contributed by atoms with Crippen LogP contribution in [0.3, 0.4) is 0 Å². The van der Waals surface area contributed by atoms with Crippen LogP contribution in [0.1, 0.15) is 0 Å². The first-order valence-corrected chi connectivity index (χ1v) is 3.74. The Balaban J connectivity index is 0.000000371. The molecule has 0 aliphatic rings. The molecule has 0 atom stereocenters. The molecule has 1 aromatic rings. The molecular formula is C7H12N2S. The highest BCUT2D eigenvalue weighted by Crippen LogP contribution is 2.06. The lowest BCUT2D eigenvalue weighted by atomic mass is 10.3. The first kappa shape index (κ1) is 9.17. The predicted molar refractivity (Wildman–Crippen MR) is 50.2 cm³/mol. The molecule has 0 saturated heterocycles. The van der Waals surface area contributed by atoms with Crippen LogP contribution >= 0.6 is 12.6 Å². The van der Waals surface area contributed by atoms with Crippen molar-refractivity contribution in [2.45, 2.75) is 0 Å². The summed E-state index contributed by atoms with van der Waals surface area (Å²) in [6, 6.07) is 7.15. The van der Waals surface area contributed by atoms with Gasteiger partial charge in [0, 0.05) is 11.4 Å². The van der Waals surface area contributed by atoms with Crippen LogP contribution in [-0.2, 0) is 0 Å². The molecule has 10 heavy (non-hydrogen) atoms. The van der Waals surface area contributed by atoms with Crippen LogP contribution in [0.5, 0.6) is 0 Å². The highest BCUT2D eigenvalue weighted by Gasteiger charge is 1.81. The van der Waals surface area contributed by atoms with Gasteiger partial charge in [-0.3, -0.25) is 0 Å². The molecule has 3 heteroatoms. The van der Waals surface area contributed by atoms with E-state index in [4.69, 9.17) is 11.5 Å². The van der Waals surface area contributed by atoms with Gasteiger partial charge in [0.1, 0.15) is 0 Å². The smallest absolute Gasteiger partial charge is 0.0334 e. The Morgan fingerprint density at radius 3 is 1.70 bits per heavy atom. The Bertz CT molecular complexity index is 171. The van der Waals surface area contributed by atoms with E-state index in [0.717, 1.165) is 0 Å². The van der Waals surface area contributed by atoms with Crippen LogP contribution in [0, 0.1) is 0 Å². The monoisotopic (exact) mass is 156 g/mol. The second kappa shape index (κ2) is 4.99. The summed E-state index contributed by atoms with van der Waals surface area (Å²) in [7, 11) is 0. The van der Waals surface area contributed by atoms with Crippen molar-refractivity contribution in [2.24, 2.45) is 0 Å².